The van der Waals surface area contributed by atoms with E-state index in [-0.39, 0.29) is 36.8 Å². The van der Waals surface area contributed by atoms with Crippen LogP contribution in [0.4, 0.5) is 0 Å². The largest absolute Gasteiger partial charge is 0.490 e. The molecule has 1 N–H and O–H groups in total. The Balaban J connectivity index is 0.00000150. The Hall–Kier alpha value is -1.05. The summed E-state index contributed by atoms with van der Waals surface area (Å²) in [6.45, 7) is 7.06. The summed E-state index contributed by atoms with van der Waals surface area (Å²) in [5.74, 6) is 0.885. The number of hydrogen-bond donors (Lipinski definition) is 1. The minimum atomic E-state index is 0. The molecule has 0 radical (unpaired) electrons. The number of morpholine rings is 1. The molecule has 0 aromatic heterocycles. The van der Waals surface area contributed by atoms with Crippen LogP contribution in [0, 0.1) is 0 Å². The first-order valence-electron chi connectivity index (χ1n) is 10.4. The molecular formula is C21H33Cl2N3O3. The normalized spacial score (nSPS) is 23.6. The second-order valence-electron chi connectivity index (χ2n) is 7.79. The van der Waals surface area contributed by atoms with Gasteiger partial charge in [-0.2, -0.15) is 0 Å². The van der Waals surface area contributed by atoms with Crippen molar-refractivity contribution in [2.24, 2.45) is 0 Å². The van der Waals surface area contributed by atoms with E-state index in [1.807, 2.05) is 29.2 Å². The van der Waals surface area contributed by atoms with Crippen molar-refractivity contribution < 1.29 is 14.3 Å². The Kier molecular flexibility index (Phi) is 9.99. The van der Waals surface area contributed by atoms with Crippen molar-refractivity contribution in [3.63, 3.8) is 0 Å². The second kappa shape index (κ2) is 12.0. The van der Waals surface area contributed by atoms with E-state index in [4.69, 9.17) is 9.47 Å². The van der Waals surface area contributed by atoms with Crippen LogP contribution < -0.4 is 10.1 Å². The highest BCUT2D eigenvalue weighted by Gasteiger charge is 2.27. The number of carbonyl (C=O) groups is 1. The Morgan fingerprint density at radius 1 is 1.07 bits per heavy atom. The lowest BCUT2D eigenvalue weighted by molar-refractivity contribution is 0.0302. The van der Waals surface area contributed by atoms with E-state index >= 15 is 0 Å². The van der Waals surface area contributed by atoms with Gasteiger partial charge in [0.15, 0.2) is 0 Å². The highest BCUT2D eigenvalue weighted by atomic mass is 35.5. The maximum atomic E-state index is 12.7. The lowest BCUT2D eigenvalue weighted by atomic mass is 10.0. The highest BCUT2D eigenvalue weighted by Crippen LogP contribution is 2.23. The van der Waals surface area contributed by atoms with Crippen LogP contribution in [0.1, 0.15) is 36.0 Å². The lowest BCUT2D eigenvalue weighted by Gasteiger charge is -2.39. The fourth-order valence-corrected chi connectivity index (χ4v) is 4.35. The quantitative estimate of drug-likeness (QED) is 0.771. The molecule has 29 heavy (non-hydrogen) atoms. The monoisotopic (exact) mass is 445 g/mol. The first-order valence-corrected chi connectivity index (χ1v) is 10.4. The Morgan fingerprint density at radius 2 is 1.83 bits per heavy atom. The summed E-state index contributed by atoms with van der Waals surface area (Å²) in [5.41, 5.74) is 0.708. The number of halogens is 2. The smallest absolute Gasteiger partial charge is 0.254 e. The lowest BCUT2D eigenvalue weighted by Crippen LogP contribution is -2.50. The van der Waals surface area contributed by atoms with Gasteiger partial charge in [0, 0.05) is 44.3 Å². The highest BCUT2D eigenvalue weighted by molar-refractivity contribution is 5.94. The molecule has 0 spiro atoms. The summed E-state index contributed by atoms with van der Waals surface area (Å²) in [5, 5.41) is 3.51. The molecule has 0 aliphatic carbocycles. The first-order chi connectivity index (χ1) is 13.3. The Labute approximate surface area is 186 Å². The van der Waals surface area contributed by atoms with Gasteiger partial charge in [0.05, 0.1) is 13.2 Å². The SMILES string of the molecule is Cl.Cl.O=C(c1cccc(OC2CCN(C3CCCNC3)CC2)c1)N1CCOCC1. The standard InChI is InChI=1S/C21H31N3O3.2ClH/c25-21(24-11-13-26-14-12-24)17-3-1-5-20(15-17)27-19-6-9-23(10-7-19)18-4-2-8-22-16-18;;/h1,3,5,15,18-19,22H,2,4,6-14,16H2;2*1H. The molecule has 1 unspecified atom stereocenters. The number of nitrogens with zero attached hydrogens (tertiary/aromatic N) is 2. The first kappa shape index (κ1) is 24.2. The molecule has 1 amide bonds. The summed E-state index contributed by atoms with van der Waals surface area (Å²) in [6.07, 6.45) is 4.94. The molecule has 3 fully saturated rings. The summed E-state index contributed by atoms with van der Waals surface area (Å²) in [6, 6.07) is 8.35. The van der Waals surface area contributed by atoms with E-state index in [0.717, 1.165) is 44.8 Å². The van der Waals surface area contributed by atoms with Crippen LogP contribution in [0.5, 0.6) is 5.75 Å². The summed E-state index contributed by atoms with van der Waals surface area (Å²) in [4.78, 5) is 17.1. The summed E-state index contributed by atoms with van der Waals surface area (Å²) < 4.78 is 11.6. The van der Waals surface area contributed by atoms with Crippen LogP contribution in [0.3, 0.4) is 0 Å². The molecule has 3 aliphatic heterocycles. The molecule has 4 rings (SSSR count). The maximum absolute atomic E-state index is 12.7. The van der Waals surface area contributed by atoms with Crippen LogP contribution >= 0.6 is 24.8 Å². The summed E-state index contributed by atoms with van der Waals surface area (Å²) in [7, 11) is 0. The van der Waals surface area contributed by atoms with Crippen LogP contribution in [0.2, 0.25) is 0 Å². The number of piperidine rings is 2. The molecule has 6 nitrogen and oxygen atoms in total. The minimum absolute atomic E-state index is 0. The van der Waals surface area contributed by atoms with Crippen molar-refractivity contribution in [1.29, 1.82) is 0 Å². The van der Waals surface area contributed by atoms with Gasteiger partial charge in [-0.1, -0.05) is 6.07 Å². The zero-order chi connectivity index (χ0) is 18.5. The van der Waals surface area contributed by atoms with Gasteiger partial charge in [-0.05, 0) is 50.4 Å². The third-order valence-corrected chi connectivity index (χ3v) is 5.95. The van der Waals surface area contributed by atoms with Gasteiger partial charge >= 0.3 is 0 Å². The maximum Gasteiger partial charge on any atom is 0.254 e. The van der Waals surface area contributed by atoms with E-state index in [9.17, 15) is 4.79 Å². The third-order valence-electron chi connectivity index (χ3n) is 5.95. The Morgan fingerprint density at radius 3 is 2.52 bits per heavy atom. The Bertz CT molecular complexity index is 629. The van der Waals surface area contributed by atoms with Crippen molar-refractivity contribution in [2.45, 2.75) is 37.8 Å². The number of nitrogens with one attached hydrogen (secondary N) is 1. The van der Waals surface area contributed by atoms with Crippen molar-refractivity contribution in [2.75, 3.05) is 52.5 Å². The number of ether oxygens (including phenoxy) is 2. The molecule has 3 heterocycles. The van der Waals surface area contributed by atoms with Gasteiger partial charge < -0.3 is 19.7 Å². The predicted octanol–water partition coefficient (Wildman–Crippen LogP) is 2.60. The zero-order valence-electron chi connectivity index (χ0n) is 16.9. The average Bonchev–Trinajstić information content (AvgIpc) is 2.75. The number of benzene rings is 1. The van der Waals surface area contributed by atoms with Gasteiger partial charge in [0.2, 0.25) is 0 Å². The van der Waals surface area contributed by atoms with Gasteiger partial charge in [-0.25, -0.2) is 0 Å². The predicted molar refractivity (Wildman–Crippen MR) is 119 cm³/mol. The van der Waals surface area contributed by atoms with Crippen LogP contribution in [0.15, 0.2) is 24.3 Å². The van der Waals surface area contributed by atoms with E-state index in [0.29, 0.717) is 37.9 Å². The van der Waals surface area contributed by atoms with Crippen LogP contribution in [-0.4, -0.2) is 80.3 Å². The van der Waals surface area contributed by atoms with E-state index < -0.39 is 0 Å². The third kappa shape index (κ3) is 6.46. The van der Waals surface area contributed by atoms with Crippen molar-refractivity contribution in [3.8, 4) is 5.75 Å². The zero-order valence-corrected chi connectivity index (χ0v) is 18.5. The van der Waals surface area contributed by atoms with Crippen LogP contribution in [0.25, 0.3) is 0 Å². The molecule has 1 aromatic carbocycles. The fourth-order valence-electron chi connectivity index (χ4n) is 4.35. The molecule has 0 bridgehead atoms. The second-order valence-corrected chi connectivity index (χ2v) is 7.79. The van der Waals surface area contributed by atoms with Crippen molar-refractivity contribution in [3.05, 3.63) is 29.8 Å². The van der Waals surface area contributed by atoms with E-state index in [1.165, 1.54) is 12.8 Å². The molecule has 1 aromatic rings. The molecule has 0 saturated carbocycles. The van der Waals surface area contributed by atoms with E-state index in [2.05, 4.69) is 10.2 Å². The summed E-state index contributed by atoms with van der Waals surface area (Å²) >= 11 is 0. The average molecular weight is 446 g/mol. The van der Waals surface area contributed by atoms with Gasteiger partial charge in [0.25, 0.3) is 5.91 Å². The van der Waals surface area contributed by atoms with E-state index in [1.54, 1.807) is 0 Å². The van der Waals surface area contributed by atoms with Gasteiger partial charge in [0.1, 0.15) is 11.9 Å². The molecule has 3 saturated heterocycles. The number of likely N-dealkylation sites (tertiary alicyclic amines) is 1. The molecular weight excluding hydrogens is 413 g/mol. The van der Waals surface area contributed by atoms with Gasteiger partial charge in [-0.3, -0.25) is 9.69 Å². The molecule has 3 aliphatic rings. The van der Waals surface area contributed by atoms with Crippen molar-refractivity contribution in [1.82, 2.24) is 15.1 Å². The molecule has 164 valence electrons. The fraction of sp³-hybridized carbons (Fsp3) is 0.667. The number of rotatable bonds is 4. The minimum Gasteiger partial charge on any atom is -0.490 e. The topological polar surface area (TPSA) is 54.0 Å². The van der Waals surface area contributed by atoms with Gasteiger partial charge in [-0.15, -0.1) is 24.8 Å². The molecule has 1 atom stereocenters. The van der Waals surface area contributed by atoms with Crippen LogP contribution in [-0.2, 0) is 4.74 Å². The van der Waals surface area contributed by atoms with Crippen molar-refractivity contribution >= 4 is 30.7 Å². The number of carbonyl (C=O) groups excluding carboxylic acids is 1. The number of hydrogen-bond acceptors (Lipinski definition) is 5. The molecule has 8 heteroatoms. The number of amides is 1.